The zero-order valence-corrected chi connectivity index (χ0v) is 14.7. The molecule has 4 rings (SSSR count). The van der Waals surface area contributed by atoms with Crippen molar-refractivity contribution in [3.63, 3.8) is 0 Å². The molecule has 1 aromatic heterocycles. The van der Waals surface area contributed by atoms with Gasteiger partial charge in [0.2, 0.25) is 0 Å². The van der Waals surface area contributed by atoms with Crippen LogP contribution in [0.25, 0.3) is 11.0 Å². The predicted molar refractivity (Wildman–Crippen MR) is 104 cm³/mol. The molecule has 0 fully saturated rings. The highest BCUT2D eigenvalue weighted by Gasteiger charge is 2.21. The molecule has 2 N–H and O–H groups in total. The van der Waals surface area contributed by atoms with Gasteiger partial charge in [-0.2, -0.15) is 0 Å². The Balaban J connectivity index is 1.85. The van der Waals surface area contributed by atoms with Crippen molar-refractivity contribution in [3.8, 4) is 5.75 Å². The topological polar surface area (TPSA) is 53.1 Å². The molecule has 0 amide bonds. The molecule has 4 aromatic rings. The summed E-state index contributed by atoms with van der Waals surface area (Å²) in [7, 11) is 1.67. The number of rotatable bonds is 5. The number of methoxy groups -OCH3 is 1. The van der Waals surface area contributed by atoms with E-state index in [1.807, 2.05) is 60.7 Å². The summed E-state index contributed by atoms with van der Waals surface area (Å²) >= 11 is 0. The molecule has 0 bridgehead atoms. The first-order valence-corrected chi connectivity index (χ1v) is 8.65. The molecule has 0 aliphatic heterocycles. The van der Waals surface area contributed by atoms with Crippen molar-refractivity contribution in [2.75, 3.05) is 7.11 Å². The van der Waals surface area contributed by atoms with Gasteiger partial charge in [-0.1, -0.05) is 60.7 Å². The fraction of sp³-hybridized carbons (Fsp3) is 0.136. The van der Waals surface area contributed by atoms with E-state index in [1.165, 1.54) is 5.56 Å². The van der Waals surface area contributed by atoms with Crippen molar-refractivity contribution < 1.29 is 4.74 Å². The first-order valence-electron chi connectivity index (χ1n) is 8.65. The second kappa shape index (κ2) is 7.02. The minimum absolute atomic E-state index is 0.373. The third-order valence-corrected chi connectivity index (χ3v) is 4.62. The van der Waals surface area contributed by atoms with Crippen molar-refractivity contribution in [1.82, 2.24) is 9.55 Å². The summed E-state index contributed by atoms with van der Waals surface area (Å²) < 4.78 is 7.70. The van der Waals surface area contributed by atoms with Crippen LogP contribution in [0.15, 0.2) is 78.9 Å². The van der Waals surface area contributed by atoms with Crippen LogP contribution in [0.3, 0.4) is 0 Å². The highest BCUT2D eigenvalue weighted by molar-refractivity contribution is 5.76. The van der Waals surface area contributed by atoms with Crippen LogP contribution < -0.4 is 10.5 Å². The largest absolute Gasteiger partial charge is 0.496 e. The van der Waals surface area contributed by atoms with E-state index in [0.717, 1.165) is 34.7 Å². The minimum atomic E-state index is -0.373. The molecular weight excluding hydrogens is 322 g/mol. The highest BCUT2D eigenvalue weighted by atomic mass is 16.5. The van der Waals surface area contributed by atoms with E-state index in [9.17, 15) is 0 Å². The second-order valence-corrected chi connectivity index (χ2v) is 6.25. The SMILES string of the molecule is COc1ccccc1C(N)c1nc2ccccc2n1Cc1ccccc1. The molecule has 1 heterocycles. The van der Waals surface area contributed by atoms with E-state index >= 15 is 0 Å². The average Bonchev–Trinajstić information content (AvgIpc) is 3.07. The summed E-state index contributed by atoms with van der Waals surface area (Å²) in [5.41, 5.74) is 10.8. The van der Waals surface area contributed by atoms with Crippen LogP contribution in [-0.4, -0.2) is 16.7 Å². The van der Waals surface area contributed by atoms with Gasteiger partial charge in [-0.25, -0.2) is 4.98 Å². The van der Waals surface area contributed by atoms with Crippen LogP contribution in [0.1, 0.15) is 23.0 Å². The fourth-order valence-corrected chi connectivity index (χ4v) is 3.33. The maximum absolute atomic E-state index is 6.65. The molecule has 1 atom stereocenters. The Kier molecular flexibility index (Phi) is 4.42. The summed E-state index contributed by atoms with van der Waals surface area (Å²) in [6, 6.07) is 26.0. The molecule has 0 radical (unpaired) electrons. The van der Waals surface area contributed by atoms with E-state index in [2.05, 4.69) is 22.8 Å². The maximum atomic E-state index is 6.65. The van der Waals surface area contributed by atoms with Crippen LogP contribution in [-0.2, 0) is 6.54 Å². The van der Waals surface area contributed by atoms with Crippen molar-refractivity contribution in [2.24, 2.45) is 5.73 Å². The normalized spacial score (nSPS) is 12.2. The number of ether oxygens (including phenoxy) is 1. The molecule has 0 aliphatic rings. The first-order chi connectivity index (χ1) is 12.8. The lowest BCUT2D eigenvalue weighted by atomic mass is 10.1. The zero-order chi connectivity index (χ0) is 17.9. The van der Waals surface area contributed by atoms with E-state index < -0.39 is 0 Å². The van der Waals surface area contributed by atoms with Crippen molar-refractivity contribution in [2.45, 2.75) is 12.6 Å². The van der Waals surface area contributed by atoms with Gasteiger partial charge in [-0.05, 0) is 23.8 Å². The Labute approximate surface area is 152 Å². The van der Waals surface area contributed by atoms with Crippen LogP contribution >= 0.6 is 0 Å². The van der Waals surface area contributed by atoms with Crippen LogP contribution in [0.2, 0.25) is 0 Å². The second-order valence-electron chi connectivity index (χ2n) is 6.25. The van der Waals surface area contributed by atoms with E-state index in [4.69, 9.17) is 15.5 Å². The van der Waals surface area contributed by atoms with Crippen LogP contribution in [0.5, 0.6) is 5.75 Å². The molecule has 0 saturated heterocycles. The fourth-order valence-electron chi connectivity index (χ4n) is 3.33. The Morgan fingerprint density at radius 3 is 2.42 bits per heavy atom. The summed E-state index contributed by atoms with van der Waals surface area (Å²) in [5, 5.41) is 0. The third kappa shape index (κ3) is 2.95. The minimum Gasteiger partial charge on any atom is -0.496 e. The van der Waals surface area contributed by atoms with Gasteiger partial charge >= 0.3 is 0 Å². The number of hydrogen-bond donors (Lipinski definition) is 1. The van der Waals surface area contributed by atoms with E-state index in [0.29, 0.717) is 0 Å². The number of benzene rings is 3. The molecule has 0 aliphatic carbocycles. The van der Waals surface area contributed by atoms with Gasteiger partial charge in [0.15, 0.2) is 0 Å². The molecule has 0 spiro atoms. The molecule has 0 saturated carbocycles. The molecule has 1 unspecified atom stereocenters. The van der Waals surface area contributed by atoms with E-state index in [1.54, 1.807) is 7.11 Å². The lowest BCUT2D eigenvalue weighted by Gasteiger charge is -2.17. The summed E-state index contributed by atoms with van der Waals surface area (Å²) in [6.45, 7) is 0.722. The Morgan fingerprint density at radius 1 is 0.923 bits per heavy atom. The first kappa shape index (κ1) is 16.4. The smallest absolute Gasteiger partial charge is 0.131 e. The lowest BCUT2D eigenvalue weighted by Crippen LogP contribution is -2.19. The Hall–Kier alpha value is -3.11. The highest BCUT2D eigenvalue weighted by Crippen LogP contribution is 2.30. The molecule has 4 heteroatoms. The van der Waals surface area contributed by atoms with Crippen molar-refractivity contribution >= 4 is 11.0 Å². The quantitative estimate of drug-likeness (QED) is 0.592. The summed E-state index contributed by atoms with van der Waals surface area (Å²) in [5.74, 6) is 1.61. The molecule has 4 nitrogen and oxygen atoms in total. The predicted octanol–water partition coefficient (Wildman–Crippen LogP) is 4.14. The number of fused-ring (bicyclic) bond motifs is 1. The molecule has 26 heavy (non-hydrogen) atoms. The van der Waals surface area contributed by atoms with Gasteiger partial charge in [0.25, 0.3) is 0 Å². The standard InChI is InChI=1S/C22H21N3O/c1-26-20-14-8-5-11-17(20)21(23)22-24-18-12-6-7-13-19(18)25(22)15-16-9-3-2-4-10-16/h2-14,21H,15,23H2,1H3. The summed E-state index contributed by atoms with van der Waals surface area (Å²) in [4.78, 5) is 4.84. The number of nitrogens with two attached hydrogens (primary N) is 1. The van der Waals surface area contributed by atoms with Crippen molar-refractivity contribution in [1.29, 1.82) is 0 Å². The van der Waals surface area contributed by atoms with Gasteiger partial charge in [0, 0.05) is 12.1 Å². The van der Waals surface area contributed by atoms with Gasteiger partial charge in [0.1, 0.15) is 11.6 Å². The average molecular weight is 343 g/mol. The Bertz CT molecular complexity index is 1020. The number of para-hydroxylation sites is 3. The van der Waals surface area contributed by atoms with E-state index in [-0.39, 0.29) is 6.04 Å². The van der Waals surface area contributed by atoms with Gasteiger partial charge in [-0.15, -0.1) is 0 Å². The number of nitrogens with zero attached hydrogens (tertiary/aromatic N) is 2. The van der Waals surface area contributed by atoms with Crippen LogP contribution in [0, 0.1) is 0 Å². The summed E-state index contributed by atoms with van der Waals surface area (Å²) in [6.07, 6.45) is 0. The van der Waals surface area contributed by atoms with Crippen molar-refractivity contribution in [3.05, 3.63) is 95.8 Å². The maximum Gasteiger partial charge on any atom is 0.131 e. The number of imidazole rings is 1. The zero-order valence-electron chi connectivity index (χ0n) is 14.7. The number of aromatic nitrogens is 2. The third-order valence-electron chi connectivity index (χ3n) is 4.62. The van der Waals surface area contributed by atoms with Gasteiger partial charge in [-0.3, -0.25) is 0 Å². The lowest BCUT2D eigenvalue weighted by molar-refractivity contribution is 0.407. The van der Waals surface area contributed by atoms with Crippen LogP contribution in [0.4, 0.5) is 0 Å². The van der Waals surface area contributed by atoms with Gasteiger partial charge in [0.05, 0.1) is 24.2 Å². The molecule has 3 aromatic carbocycles. The molecular formula is C22H21N3O. The monoisotopic (exact) mass is 343 g/mol. The molecule has 130 valence electrons. The number of hydrogen-bond acceptors (Lipinski definition) is 3. The Morgan fingerprint density at radius 2 is 1.62 bits per heavy atom. The van der Waals surface area contributed by atoms with Gasteiger partial charge < -0.3 is 15.0 Å².